The molecule has 0 aromatic carbocycles. The minimum absolute atomic E-state index is 0.176. The quantitative estimate of drug-likeness (QED) is 0.546. The third kappa shape index (κ3) is 3.63. The topological polar surface area (TPSA) is 35.5 Å². The fourth-order valence-electron chi connectivity index (χ4n) is 1.73. The van der Waals surface area contributed by atoms with Gasteiger partial charge in [-0.2, -0.15) is 0 Å². The third-order valence-corrected chi connectivity index (χ3v) is 2.55. The van der Waals surface area contributed by atoms with Crippen LogP contribution in [0.1, 0.15) is 40.5 Å². The molecule has 1 aliphatic heterocycles. The predicted octanol–water partition coefficient (Wildman–Crippen LogP) is 2.90. The third-order valence-electron chi connectivity index (χ3n) is 2.55. The number of rotatable bonds is 4. The average molecular weight is 226 g/mol. The predicted molar refractivity (Wildman–Crippen MR) is 62.8 cm³/mol. The summed E-state index contributed by atoms with van der Waals surface area (Å²) in [7, 11) is 0. The Labute approximate surface area is 97.8 Å². The molecule has 0 bridgehead atoms. The molecule has 0 aliphatic carbocycles. The fourth-order valence-corrected chi connectivity index (χ4v) is 1.73. The summed E-state index contributed by atoms with van der Waals surface area (Å²) >= 11 is 0. The first-order chi connectivity index (χ1) is 7.40. The Morgan fingerprint density at radius 1 is 1.19 bits per heavy atom. The van der Waals surface area contributed by atoms with Crippen molar-refractivity contribution in [3.8, 4) is 0 Å². The summed E-state index contributed by atoms with van der Waals surface area (Å²) in [6.07, 6.45) is 0.989. The Morgan fingerprint density at radius 3 is 2.25 bits per heavy atom. The Balaban J connectivity index is 2.61. The Hall–Kier alpha value is -0.830. The zero-order valence-electron chi connectivity index (χ0n) is 10.7. The molecule has 16 heavy (non-hydrogen) atoms. The van der Waals surface area contributed by atoms with Gasteiger partial charge in [-0.25, -0.2) is 4.79 Å². The van der Waals surface area contributed by atoms with Gasteiger partial charge in [0.1, 0.15) is 0 Å². The molecule has 92 valence electrons. The Morgan fingerprint density at radius 2 is 1.75 bits per heavy atom. The SMILES string of the molecule is C=C1C(=O)O[C@@H](CC(C)C)O[C@H]1CC(C)C. The molecule has 0 radical (unpaired) electrons. The monoisotopic (exact) mass is 226 g/mol. The number of cyclic esters (lactones) is 1. The summed E-state index contributed by atoms with van der Waals surface area (Å²) in [5.41, 5.74) is 0.453. The lowest BCUT2D eigenvalue weighted by molar-refractivity contribution is -0.205. The lowest BCUT2D eigenvalue weighted by Gasteiger charge is -2.32. The molecule has 0 spiro atoms. The van der Waals surface area contributed by atoms with Gasteiger partial charge in [-0.1, -0.05) is 34.3 Å². The van der Waals surface area contributed by atoms with E-state index in [-0.39, 0.29) is 12.1 Å². The van der Waals surface area contributed by atoms with Gasteiger partial charge >= 0.3 is 5.97 Å². The molecule has 3 heteroatoms. The molecule has 3 nitrogen and oxygen atoms in total. The first-order valence-corrected chi connectivity index (χ1v) is 5.95. The van der Waals surface area contributed by atoms with Gasteiger partial charge in [0.2, 0.25) is 6.29 Å². The van der Waals surface area contributed by atoms with E-state index < -0.39 is 6.29 Å². The van der Waals surface area contributed by atoms with Crippen molar-refractivity contribution in [3.05, 3.63) is 12.2 Å². The first-order valence-electron chi connectivity index (χ1n) is 5.95. The Bertz CT molecular complexity index is 268. The number of carbonyl (C=O) groups excluding carboxylic acids is 1. The molecule has 0 saturated carbocycles. The summed E-state index contributed by atoms with van der Waals surface area (Å²) in [5.74, 6) is 0.624. The molecule has 1 fully saturated rings. The lowest BCUT2D eigenvalue weighted by Crippen LogP contribution is -2.38. The maximum Gasteiger partial charge on any atom is 0.338 e. The molecular formula is C13H22O3. The van der Waals surface area contributed by atoms with E-state index in [0.29, 0.717) is 17.4 Å². The molecular weight excluding hydrogens is 204 g/mol. The van der Waals surface area contributed by atoms with Crippen LogP contribution in [0.4, 0.5) is 0 Å². The van der Waals surface area contributed by atoms with Crippen molar-refractivity contribution in [2.24, 2.45) is 11.8 Å². The molecule has 0 aromatic rings. The highest BCUT2D eigenvalue weighted by Gasteiger charge is 2.33. The molecule has 0 N–H and O–H groups in total. The number of esters is 1. The molecule has 0 unspecified atom stereocenters. The van der Waals surface area contributed by atoms with Gasteiger partial charge in [0, 0.05) is 6.42 Å². The first kappa shape index (κ1) is 13.2. The minimum Gasteiger partial charge on any atom is -0.432 e. The number of carbonyl (C=O) groups is 1. The van der Waals surface area contributed by atoms with Crippen molar-refractivity contribution in [1.29, 1.82) is 0 Å². The highest BCUT2D eigenvalue weighted by molar-refractivity contribution is 5.89. The zero-order valence-corrected chi connectivity index (χ0v) is 10.7. The van der Waals surface area contributed by atoms with Crippen molar-refractivity contribution in [3.63, 3.8) is 0 Å². The van der Waals surface area contributed by atoms with Gasteiger partial charge in [-0.15, -0.1) is 0 Å². The van der Waals surface area contributed by atoms with Crippen molar-refractivity contribution < 1.29 is 14.3 Å². The van der Waals surface area contributed by atoms with Crippen LogP contribution in [0, 0.1) is 11.8 Å². The standard InChI is InChI=1S/C13H22O3/c1-8(2)6-11-10(5)13(14)16-12(15-11)7-9(3)4/h8-9,11-12H,5-7H2,1-4H3/t11-,12-/m0/s1. The zero-order chi connectivity index (χ0) is 12.3. The van der Waals surface area contributed by atoms with E-state index in [1.807, 2.05) is 0 Å². The fraction of sp³-hybridized carbons (Fsp3) is 0.769. The summed E-state index contributed by atoms with van der Waals surface area (Å²) in [6.45, 7) is 12.1. The van der Waals surface area contributed by atoms with Crippen LogP contribution in [0.15, 0.2) is 12.2 Å². The minimum atomic E-state index is -0.401. The normalized spacial score (nSPS) is 26.4. The van der Waals surface area contributed by atoms with Gasteiger partial charge in [0.15, 0.2) is 0 Å². The van der Waals surface area contributed by atoms with E-state index >= 15 is 0 Å². The number of hydrogen-bond donors (Lipinski definition) is 0. The molecule has 1 rings (SSSR count). The highest BCUT2D eigenvalue weighted by atomic mass is 16.7. The van der Waals surface area contributed by atoms with Crippen LogP contribution in [-0.4, -0.2) is 18.4 Å². The van der Waals surface area contributed by atoms with Crippen LogP contribution in [0.2, 0.25) is 0 Å². The Kier molecular flexibility index (Phi) is 4.54. The van der Waals surface area contributed by atoms with E-state index in [0.717, 1.165) is 12.8 Å². The van der Waals surface area contributed by atoms with Crippen LogP contribution >= 0.6 is 0 Å². The van der Waals surface area contributed by atoms with Gasteiger partial charge in [-0.05, 0) is 18.3 Å². The van der Waals surface area contributed by atoms with E-state index in [1.165, 1.54) is 0 Å². The van der Waals surface area contributed by atoms with Crippen molar-refractivity contribution in [2.75, 3.05) is 0 Å². The van der Waals surface area contributed by atoms with E-state index in [2.05, 4.69) is 34.3 Å². The average Bonchev–Trinajstić information content (AvgIpc) is 2.11. The second kappa shape index (κ2) is 5.48. The van der Waals surface area contributed by atoms with E-state index in [1.54, 1.807) is 0 Å². The van der Waals surface area contributed by atoms with Crippen LogP contribution in [-0.2, 0) is 14.3 Å². The summed E-state index contributed by atoms with van der Waals surface area (Å²) < 4.78 is 10.9. The molecule has 1 heterocycles. The largest absolute Gasteiger partial charge is 0.432 e. The van der Waals surface area contributed by atoms with Crippen LogP contribution < -0.4 is 0 Å². The summed E-state index contributed by atoms with van der Waals surface area (Å²) in [4.78, 5) is 11.6. The van der Waals surface area contributed by atoms with Crippen molar-refractivity contribution >= 4 is 5.97 Å². The van der Waals surface area contributed by atoms with Crippen molar-refractivity contribution in [1.82, 2.24) is 0 Å². The summed E-state index contributed by atoms with van der Waals surface area (Å²) in [5, 5.41) is 0. The second-order valence-corrected chi connectivity index (χ2v) is 5.24. The number of hydrogen-bond acceptors (Lipinski definition) is 3. The van der Waals surface area contributed by atoms with Gasteiger partial charge in [0.05, 0.1) is 11.7 Å². The number of ether oxygens (including phenoxy) is 2. The molecule has 0 amide bonds. The molecule has 1 saturated heterocycles. The van der Waals surface area contributed by atoms with Crippen LogP contribution in [0.25, 0.3) is 0 Å². The highest BCUT2D eigenvalue weighted by Crippen LogP contribution is 2.26. The van der Waals surface area contributed by atoms with Crippen LogP contribution in [0.5, 0.6) is 0 Å². The van der Waals surface area contributed by atoms with Crippen molar-refractivity contribution in [2.45, 2.75) is 52.9 Å². The molecule has 0 aromatic heterocycles. The summed E-state index contributed by atoms with van der Waals surface area (Å²) in [6, 6.07) is 0. The maximum atomic E-state index is 11.6. The van der Waals surface area contributed by atoms with Gasteiger partial charge in [0.25, 0.3) is 0 Å². The van der Waals surface area contributed by atoms with E-state index in [4.69, 9.17) is 9.47 Å². The maximum absolute atomic E-state index is 11.6. The van der Waals surface area contributed by atoms with Crippen LogP contribution in [0.3, 0.4) is 0 Å². The van der Waals surface area contributed by atoms with Gasteiger partial charge in [-0.3, -0.25) is 0 Å². The van der Waals surface area contributed by atoms with E-state index in [9.17, 15) is 4.79 Å². The second-order valence-electron chi connectivity index (χ2n) is 5.24. The molecule has 2 atom stereocenters. The lowest BCUT2D eigenvalue weighted by atomic mass is 9.99. The smallest absolute Gasteiger partial charge is 0.338 e. The van der Waals surface area contributed by atoms with Gasteiger partial charge < -0.3 is 9.47 Å². The molecule has 1 aliphatic rings.